The average Bonchev–Trinajstić information content (AvgIpc) is 3.09. The lowest BCUT2D eigenvalue weighted by Crippen LogP contribution is -2.49. The molecule has 1 fully saturated rings. The van der Waals surface area contributed by atoms with Gasteiger partial charge in [-0.3, -0.25) is 4.79 Å². The molecular formula is C20H21FN2O. The first kappa shape index (κ1) is 15.2. The van der Waals surface area contributed by atoms with Gasteiger partial charge in [-0.15, -0.1) is 0 Å². The van der Waals surface area contributed by atoms with E-state index in [-0.39, 0.29) is 11.7 Å². The first-order valence-corrected chi connectivity index (χ1v) is 8.63. The molecule has 2 aromatic carbocycles. The maximum absolute atomic E-state index is 13.9. The highest BCUT2D eigenvalue weighted by Gasteiger charge is 2.24. The number of anilines is 1. The molecule has 4 rings (SSSR count). The Hall–Kier alpha value is -2.36. The maximum Gasteiger partial charge on any atom is 0.253 e. The molecule has 0 spiro atoms. The minimum absolute atomic E-state index is 0.0953. The topological polar surface area (TPSA) is 23.6 Å². The molecule has 0 aromatic heterocycles. The monoisotopic (exact) mass is 324 g/mol. The molecule has 0 radical (unpaired) electrons. The Morgan fingerprint density at radius 2 is 1.67 bits per heavy atom. The quantitative estimate of drug-likeness (QED) is 0.846. The highest BCUT2D eigenvalue weighted by molar-refractivity contribution is 5.94. The number of fused-ring (bicyclic) bond motifs is 1. The normalized spacial score (nSPS) is 17.0. The predicted molar refractivity (Wildman–Crippen MR) is 93.0 cm³/mol. The second kappa shape index (κ2) is 6.27. The maximum atomic E-state index is 13.9. The molecule has 0 atom stereocenters. The van der Waals surface area contributed by atoms with Crippen LogP contribution < -0.4 is 4.90 Å². The fourth-order valence-corrected chi connectivity index (χ4v) is 3.75. The van der Waals surface area contributed by atoms with Gasteiger partial charge in [-0.25, -0.2) is 4.39 Å². The summed E-state index contributed by atoms with van der Waals surface area (Å²) in [5, 5.41) is 0. The Kier molecular flexibility index (Phi) is 3.97. The van der Waals surface area contributed by atoms with Crippen LogP contribution in [-0.2, 0) is 12.8 Å². The first-order chi connectivity index (χ1) is 11.7. The van der Waals surface area contributed by atoms with Crippen LogP contribution in [-0.4, -0.2) is 37.0 Å². The van der Waals surface area contributed by atoms with Crippen molar-refractivity contribution in [3.8, 4) is 0 Å². The van der Waals surface area contributed by atoms with Crippen molar-refractivity contribution < 1.29 is 9.18 Å². The van der Waals surface area contributed by atoms with Crippen LogP contribution in [0.15, 0.2) is 42.5 Å². The third-order valence-electron chi connectivity index (χ3n) is 5.11. The largest absolute Gasteiger partial charge is 0.366 e. The van der Waals surface area contributed by atoms with E-state index in [1.54, 1.807) is 12.1 Å². The molecule has 2 aliphatic rings. The number of amides is 1. The van der Waals surface area contributed by atoms with Crippen molar-refractivity contribution in [1.29, 1.82) is 0 Å². The van der Waals surface area contributed by atoms with Gasteiger partial charge in [0.15, 0.2) is 0 Å². The van der Waals surface area contributed by atoms with E-state index in [4.69, 9.17) is 0 Å². The van der Waals surface area contributed by atoms with Gasteiger partial charge in [0.1, 0.15) is 5.82 Å². The second-order valence-corrected chi connectivity index (χ2v) is 6.57. The van der Waals surface area contributed by atoms with Crippen molar-refractivity contribution >= 4 is 11.6 Å². The van der Waals surface area contributed by atoms with Gasteiger partial charge in [0, 0.05) is 31.7 Å². The van der Waals surface area contributed by atoms with Gasteiger partial charge in [-0.2, -0.15) is 0 Å². The molecule has 1 heterocycles. The summed E-state index contributed by atoms with van der Waals surface area (Å²) in [6.45, 7) is 2.59. The van der Waals surface area contributed by atoms with Crippen molar-refractivity contribution in [2.45, 2.75) is 19.3 Å². The summed E-state index contributed by atoms with van der Waals surface area (Å²) >= 11 is 0. The van der Waals surface area contributed by atoms with E-state index in [0.717, 1.165) is 18.4 Å². The molecule has 24 heavy (non-hydrogen) atoms. The molecule has 124 valence electrons. The van der Waals surface area contributed by atoms with Gasteiger partial charge in [0.25, 0.3) is 5.91 Å². The van der Waals surface area contributed by atoms with Gasteiger partial charge in [-0.05, 0) is 54.7 Å². The SMILES string of the molecule is O=C(c1ccc2c(c1)CCC2)N1CCN(c2ccccc2F)CC1. The van der Waals surface area contributed by atoms with Crippen LogP contribution >= 0.6 is 0 Å². The number of rotatable bonds is 2. The molecule has 1 saturated heterocycles. The second-order valence-electron chi connectivity index (χ2n) is 6.57. The van der Waals surface area contributed by atoms with E-state index in [0.29, 0.717) is 31.9 Å². The zero-order chi connectivity index (χ0) is 16.5. The number of nitrogens with zero attached hydrogens (tertiary/aromatic N) is 2. The summed E-state index contributed by atoms with van der Waals surface area (Å²) in [5.74, 6) is -0.103. The third-order valence-corrected chi connectivity index (χ3v) is 5.11. The van der Waals surface area contributed by atoms with Gasteiger partial charge in [0.2, 0.25) is 0 Å². The molecule has 0 saturated carbocycles. The number of para-hydroxylation sites is 1. The minimum Gasteiger partial charge on any atom is -0.366 e. The van der Waals surface area contributed by atoms with E-state index in [1.165, 1.54) is 23.6 Å². The van der Waals surface area contributed by atoms with E-state index in [9.17, 15) is 9.18 Å². The summed E-state index contributed by atoms with van der Waals surface area (Å²) in [6.07, 6.45) is 3.40. The van der Waals surface area contributed by atoms with Crippen molar-refractivity contribution in [3.63, 3.8) is 0 Å². The Morgan fingerprint density at radius 3 is 2.46 bits per heavy atom. The number of carbonyl (C=O) groups excluding carboxylic acids is 1. The number of carbonyl (C=O) groups is 1. The molecule has 1 amide bonds. The van der Waals surface area contributed by atoms with E-state index in [2.05, 4.69) is 12.1 Å². The average molecular weight is 324 g/mol. The molecule has 1 aliphatic carbocycles. The van der Waals surface area contributed by atoms with E-state index < -0.39 is 0 Å². The van der Waals surface area contributed by atoms with Crippen LogP contribution in [0.1, 0.15) is 27.9 Å². The van der Waals surface area contributed by atoms with Crippen LogP contribution in [0.5, 0.6) is 0 Å². The summed E-state index contributed by atoms with van der Waals surface area (Å²) in [7, 11) is 0. The number of halogens is 1. The van der Waals surface area contributed by atoms with Crippen LogP contribution in [0.25, 0.3) is 0 Å². The summed E-state index contributed by atoms with van der Waals surface area (Å²) in [4.78, 5) is 16.6. The molecular weight excluding hydrogens is 303 g/mol. The van der Waals surface area contributed by atoms with Crippen molar-refractivity contribution in [3.05, 3.63) is 65.0 Å². The fraction of sp³-hybridized carbons (Fsp3) is 0.350. The summed E-state index contributed by atoms with van der Waals surface area (Å²) < 4.78 is 13.9. The summed E-state index contributed by atoms with van der Waals surface area (Å²) in [6, 6.07) is 13.0. The molecule has 0 N–H and O–H groups in total. The van der Waals surface area contributed by atoms with Crippen molar-refractivity contribution in [2.75, 3.05) is 31.1 Å². The number of piperazine rings is 1. The first-order valence-electron chi connectivity index (χ1n) is 8.63. The molecule has 2 aromatic rings. The number of hydrogen-bond donors (Lipinski definition) is 0. The van der Waals surface area contributed by atoms with E-state index in [1.807, 2.05) is 21.9 Å². The molecule has 3 nitrogen and oxygen atoms in total. The van der Waals surface area contributed by atoms with Crippen molar-refractivity contribution in [1.82, 2.24) is 4.90 Å². The zero-order valence-electron chi connectivity index (χ0n) is 13.7. The highest BCUT2D eigenvalue weighted by atomic mass is 19.1. The third kappa shape index (κ3) is 2.77. The van der Waals surface area contributed by atoms with Crippen LogP contribution in [0.2, 0.25) is 0 Å². The predicted octanol–water partition coefficient (Wildman–Crippen LogP) is 3.28. The molecule has 4 heteroatoms. The van der Waals surface area contributed by atoms with Gasteiger partial charge >= 0.3 is 0 Å². The van der Waals surface area contributed by atoms with Gasteiger partial charge in [0.05, 0.1) is 5.69 Å². The zero-order valence-corrected chi connectivity index (χ0v) is 13.7. The number of aryl methyl sites for hydroxylation is 2. The lowest BCUT2D eigenvalue weighted by molar-refractivity contribution is 0.0746. The van der Waals surface area contributed by atoms with Crippen LogP contribution in [0, 0.1) is 5.82 Å². The van der Waals surface area contributed by atoms with Crippen LogP contribution in [0.3, 0.4) is 0 Å². The van der Waals surface area contributed by atoms with Gasteiger partial charge in [-0.1, -0.05) is 18.2 Å². The highest BCUT2D eigenvalue weighted by Crippen LogP contribution is 2.24. The number of hydrogen-bond acceptors (Lipinski definition) is 2. The number of benzene rings is 2. The fourth-order valence-electron chi connectivity index (χ4n) is 3.75. The molecule has 0 unspecified atom stereocenters. The molecule has 0 bridgehead atoms. The Labute approximate surface area is 141 Å². The molecule has 1 aliphatic heterocycles. The minimum atomic E-state index is -0.198. The van der Waals surface area contributed by atoms with Crippen molar-refractivity contribution in [2.24, 2.45) is 0 Å². The van der Waals surface area contributed by atoms with Crippen LogP contribution in [0.4, 0.5) is 10.1 Å². The lowest BCUT2D eigenvalue weighted by atomic mass is 10.1. The Morgan fingerprint density at radius 1 is 0.917 bits per heavy atom. The Balaban J connectivity index is 1.44. The van der Waals surface area contributed by atoms with Gasteiger partial charge < -0.3 is 9.80 Å². The van der Waals surface area contributed by atoms with E-state index >= 15 is 0 Å². The lowest BCUT2D eigenvalue weighted by Gasteiger charge is -2.36. The Bertz CT molecular complexity index is 766. The smallest absolute Gasteiger partial charge is 0.253 e. The summed E-state index contributed by atoms with van der Waals surface area (Å²) in [5.41, 5.74) is 4.12. The standard InChI is InChI=1S/C20H21FN2O/c21-18-6-1-2-7-19(18)22-10-12-23(13-11-22)20(24)17-9-8-15-4-3-5-16(15)14-17/h1-2,6-9,14H,3-5,10-13H2.